The van der Waals surface area contributed by atoms with Crippen LogP contribution in [0.25, 0.3) is 21.9 Å². The van der Waals surface area contributed by atoms with Crippen LogP contribution in [0.2, 0.25) is 0 Å². The van der Waals surface area contributed by atoms with Crippen LogP contribution >= 0.6 is 0 Å². The van der Waals surface area contributed by atoms with Crippen LogP contribution in [0.5, 0.6) is 17.2 Å². The molecule has 0 atom stereocenters. The Kier molecular flexibility index (Phi) is 6.22. The van der Waals surface area contributed by atoms with E-state index < -0.39 is 18.4 Å². The minimum atomic E-state index is -1.16. The van der Waals surface area contributed by atoms with E-state index in [-0.39, 0.29) is 12.4 Å². The van der Waals surface area contributed by atoms with E-state index >= 15 is 0 Å². The van der Waals surface area contributed by atoms with Crippen LogP contribution < -0.4 is 14.2 Å². The van der Waals surface area contributed by atoms with E-state index in [4.69, 9.17) is 19.3 Å². The largest absolute Gasteiger partial charge is 0.497 e. The molecule has 0 saturated heterocycles. The topological polar surface area (TPSA) is 65.0 Å². The molecule has 0 bridgehead atoms. The van der Waals surface area contributed by atoms with Crippen LogP contribution in [0, 0.1) is 5.82 Å². The predicted molar refractivity (Wildman–Crippen MR) is 120 cm³/mol. The molecule has 0 aliphatic carbocycles. The lowest BCUT2D eigenvalue weighted by Crippen LogP contribution is -2.10. The average molecular weight is 432 g/mol. The summed E-state index contributed by atoms with van der Waals surface area (Å²) in [5.74, 6) is -0.445. The van der Waals surface area contributed by atoms with Gasteiger partial charge in [0.25, 0.3) is 0 Å². The second-order valence-corrected chi connectivity index (χ2v) is 7.19. The molecule has 0 spiro atoms. The van der Waals surface area contributed by atoms with Gasteiger partial charge in [0, 0.05) is 0 Å². The fourth-order valence-corrected chi connectivity index (χ4v) is 3.35. The number of fused-ring (bicyclic) bond motifs is 1. The summed E-state index contributed by atoms with van der Waals surface area (Å²) < 4.78 is 30.2. The first-order valence-corrected chi connectivity index (χ1v) is 9.96. The summed E-state index contributed by atoms with van der Waals surface area (Å²) in [4.78, 5) is 10.6. The number of benzene rings is 4. The number of carboxylic acids is 1. The predicted octanol–water partition coefficient (Wildman–Crippen LogP) is 5.70. The van der Waals surface area contributed by atoms with E-state index in [1.165, 1.54) is 12.1 Å². The maximum atomic E-state index is 14.1. The van der Waals surface area contributed by atoms with Gasteiger partial charge >= 0.3 is 5.97 Å². The summed E-state index contributed by atoms with van der Waals surface area (Å²) in [5, 5.41) is 10.8. The number of hydrogen-bond donors (Lipinski definition) is 1. The summed E-state index contributed by atoms with van der Waals surface area (Å²) in [6.45, 7) is -0.435. The Morgan fingerprint density at radius 2 is 1.66 bits per heavy atom. The van der Waals surface area contributed by atoms with Crippen molar-refractivity contribution in [1.29, 1.82) is 0 Å². The summed E-state index contributed by atoms with van der Waals surface area (Å²) in [5.41, 5.74) is 2.64. The van der Waals surface area contributed by atoms with Crippen LogP contribution in [0.1, 0.15) is 5.56 Å². The van der Waals surface area contributed by atoms with Crippen molar-refractivity contribution in [3.8, 4) is 28.4 Å². The maximum Gasteiger partial charge on any atom is 0.341 e. The second kappa shape index (κ2) is 9.39. The third-order valence-corrected chi connectivity index (χ3v) is 4.97. The summed E-state index contributed by atoms with van der Waals surface area (Å²) in [7, 11) is 1.65. The Labute approximate surface area is 184 Å². The van der Waals surface area contributed by atoms with E-state index in [9.17, 15) is 9.18 Å². The van der Waals surface area contributed by atoms with Gasteiger partial charge in [0.05, 0.1) is 7.11 Å². The maximum absolute atomic E-state index is 14.1. The van der Waals surface area contributed by atoms with E-state index in [0.29, 0.717) is 11.3 Å². The smallest absolute Gasteiger partial charge is 0.341 e. The Balaban J connectivity index is 1.48. The Bertz CT molecular complexity index is 1270. The van der Waals surface area contributed by atoms with Crippen molar-refractivity contribution in [2.45, 2.75) is 6.61 Å². The molecule has 0 amide bonds. The number of ether oxygens (including phenoxy) is 3. The molecule has 4 rings (SSSR count). The molecule has 0 radical (unpaired) electrons. The minimum Gasteiger partial charge on any atom is -0.497 e. The van der Waals surface area contributed by atoms with Gasteiger partial charge in [0.15, 0.2) is 18.2 Å². The highest BCUT2D eigenvalue weighted by Crippen LogP contribution is 2.29. The third-order valence-electron chi connectivity index (χ3n) is 4.97. The number of hydrogen-bond acceptors (Lipinski definition) is 4. The second-order valence-electron chi connectivity index (χ2n) is 7.19. The zero-order valence-electron chi connectivity index (χ0n) is 17.4. The Hall–Kier alpha value is -4.06. The van der Waals surface area contributed by atoms with Crippen molar-refractivity contribution in [1.82, 2.24) is 0 Å². The highest BCUT2D eigenvalue weighted by molar-refractivity contribution is 5.88. The standard InChI is InChI=1S/C26H21FO5/c1-30-22-9-8-18-6-7-20(12-21(18)14-22)19-3-2-4-23(13-19)31-15-17-5-10-25(24(27)11-17)32-16-26(28)29/h2-14H,15-16H2,1H3,(H,28,29). The number of rotatable bonds is 8. The van der Waals surface area contributed by atoms with Crippen molar-refractivity contribution in [2.24, 2.45) is 0 Å². The van der Waals surface area contributed by atoms with E-state index in [1.54, 1.807) is 13.2 Å². The molecule has 0 fully saturated rings. The van der Waals surface area contributed by atoms with Crippen LogP contribution in [-0.4, -0.2) is 24.8 Å². The number of carboxylic acid groups (broad SMARTS) is 1. The third kappa shape index (κ3) is 4.98. The van der Waals surface area contributed by atoms with E-state index in [0.717, 1.165) is 27.6 Å². The Morgan fingerprint density at radius 1 is 0.844 bits per heavy atom. The molecule has 0 aliphatic rings. The molecule has 6 heteroatoms. The first kappa shape index (κ1) is 21.2. The number of halogens is 1. The Morgan fingerprint density at radius 3 is 2.44 bits per heavy atom. The molecule has 162 valence electrons. The number of carbonyl (C=O) groups is 1. The number of methoxy groups -OCH3 is 1. The van der Waals surface area contributed by atoms with Crippen molar-refractivity contribution >= 4 is 16.7 Å². The van der Waals surface area contributed by atoms with Crippen molar-refractivity contribution in [3.63, 3.8) is 0 Å². The fraction of sp³-hybridized carbons (Fsp3) is 0.115. The zero-order chi connectivity index (χ0) is 22.5. The molecular weight excluding hydrogens is 411 g/mol. The van der Waals surface area contributed by atoms with Gasteiger partial charge in [-0.1, -0.05) is 36.4 Å². The van der Waals surface area contributed by atoms with Crippen molar-refractivity contribution < 1.29 is 28.5 Å². The van der Waals surface area contributed by atoms with Gasteiger partial charge in [-0.25, -0.2) is 9.18 Å². The van der Waals surface area contributed by atoms with Gasteiger partial charge in [-0.15, -0.1) is 0 Å². The lowest BCUT2D eigenvalue weighted by molar-refractivity contribution is -0.139. The van der Waals surface area contributed by atoms with Gasteiger partial charge in [-0.3, -0.25) is 0 Å². The van der Waals surface area contributed by atoms with Gasteiger partial charge in [0.2, 0.25) is 0 Å². The SMILES string of the molecule is COc1ccc2ccc(-c3cccc(OCc4ccc(OCC(=O)O)c(F)c4)c3)cc2c1. The van der Waals surface area contributed by atoms with Crippen molar-refractivity contribution in [2.75, 3.05) is 13.7 Å². The van der Waals surface area contributed by atoms with Crippen LogP contribution in [0.4, 0.5) is 4.39 Å². The van der Waals surface area contributed by atoms with Gasteiger partial charge in [0.1, 0.15) is 18.1 Å². The molecule has 32 heavy (non-hydrogen) atoms. The molecule has 0 aliphatic heterocycles. The molecule has 4 aromatic rings. The summed E-state index contributed by atoms with van der Waals surface area (Å²) >= 11 is 0. The molecule has 0 unspecified atom stereocenters. The molecule has 0 saturated carbocycles. The van der Waals surface area contributed by atoms with Gasteiger partial charge in [-0.2, -0.15) is 0 Å². The molecular formula is C26H21FO5. The minimum absolute atomic E-state index is 0.105. The van der Waals surface area contributed by atoms with Gasteiger partial charge < -0.3 is 19.3 Å². The highest BCUT2D eigenvalue weighted by atomic mass is 19.1. The average Bonchev–Trinajstić information content (AvgIpc) is 2.81. The lowest BCUT2D eigenvalue weighted by Gasteiger charge is -2.11. The number of aliphatic carboxylic acids is 1. The zero-order valence-corrected chi connectivity index (χ0v) is 17.4. The van der Waals surface area contributed by atoms with Crippen molar-refractivity contribution in [3.05, 3.63) is 90.2 Å². The van der Waals surface area contributed by atoms with Crippen LogP contribution in [-0.2, 0) is 11.4 Å². The van der Waals surface area contributed by atoms with Crippen LogP contribution in [0.3, 0.4) is 0 Å². The quantitative estimate of drug-likeness (QED) is 0.387. The van der Waals surface area contributed by atoms with E-state index in [2.05, 4.69) is 18.2 Å². The molecule has 1 N–H and O–H groups in total. The fourth-order valence-electron chi connectivity index (χ4n) is 3.35. The first-order chi connectivity index (χ1) is 15.5. The van der Waals surface area contributed by atoms with Gasteiger partial charge in [-0.05, 0) is 69.9 Å². The summed E-state index contributed by atoms with van der Waals surface area (Å²) in [6, 6.07) is 24.2. The molecule has 5 nitrogen and oxygen atoms in total. The summed E-state index contributed by atoms with van der Waals surface area (Å²) in [6.07, 6.45) is 0. The van der Waals surface area contributed by atoms with Crippen LogP contribution in [0.15, 0.2) is 78.9 Å². The highest BCUT2D eigenvalue weighted by Gasteiger charge is 2.08. The molecule has 0 aromatic heterocycles. The lowest BCUT2D eigenvalue weighted by atomic mass is 10.0. The molecule has 0 heterocycles. The normalized spacial score (nSPS) is 10.7. The monoisotopic (exact) mass is 432 g/mol. The van der Waals surface area contributed by atoms with E-state index in [1.807, 2.05) is 42.5 Å². The molecule has 4 aromatic carbocycles. The first-order valence-electron chi connectivity index (χ1n) is 9.96.